The summed E-state index contributed by atoms with van der Waals surface area (Å²) in [5.41, 5.74) is 5.90. The van der Waals surface area contributed by atoms with Crippen molar-refractivity contribution in [2.75, 3.05) is 5.32 Å². The summed E-state index contributed by atoms with van der Waals surface area (Å²) in [5, 5.41) is 13.3. The SMILES string of the molecule is NC1C=CC(C(=O)Nc2ccc([N+](=O)[O-])c(Cl)c2)C1. The summed E-state index contributed by atoms with van der Waals surface area (Å²) in [5.74, 6) is -0.474. The number of nitrogens with zero attached hydrogens (tertiary/aromatic N) is 1. The average Bonchev–Trinajstić information content (AvgIpc) is 2.75. The van der Waals surface area contributed by atoms with Gasteiger partial charge in [-0.05, 0) is 18.6 Å². The van der Waals surface area contributed by atoms with E-state index in [4.69, 9.17) is 17.3 Å². The minimum absolute atomic E-state index is 0.0125. The van der Waals surface area contributed by atoms with Gasteiger partial charge < -0.3 is 11.1 Å². The molecule has 19 heavy (non-hydrogen) atoms. The zero-order valence-corrected chi connectivity index (χ0v) is 10.6. The third-order valence-corrected chi connectivity index (χ3v) is 3.17. The summed E-state index contributed by atoms with van der Waals surface area (Å²) in [7, 11) is 0. The number of benzene rings is 1. The molecule has 1 aliphatic rings. The van der Waals surface area contributed by atoms with Crippen molar-refractivity contribution < 1.29 is 9.72 Å². The van der Waals surface area contributed by atoms with Crippen LogP contribution in [0, 0.1) is 16.0 Å². The maximum absolute atomic E-state index is 11.9. The quantitative estimate of drug-likeness (QED) is 0.503. The Morgan fingerprint density at radius 3 is 2.74 bits per heavy atom. The molecule has 100 valence electrons. The zero-order valence-electron chi connectivity index (χ0n) is 9.88. The number of amides is 1. The lowest BCUT2D eigenvalue weighted by Gasteiger charge is -2.10. The molecule has 0 aromatic heterocycles. The number of nitrogens with two attached hydrogens (primary N) is 1. The molecule has 2 atom stereocenters. The number of hydrogen-bond acceptors (Lipinski definition) is 4. The topological polar surface area (TPSA) is 98.3 Å². The van der Waals surface area contributed by atoms with Gasteiger partial charge in [0.25, 0.3) is 5.69 Å². The molecular weight excluding hydrogens is 270 g/mol. The molecule has 1 aromatic rings. The molecule has 0 radical (unpaired) electrons. The van der Waals surface area contributed by atoms with Gasteiger partial charge in [-0.15, -0.1) is 0 Å². The molecule has 7 heteroatoms. The second-order valence-corrected chi connectivity index (χ2v) is 4.71. The Labute approximate surface area is 114 Å². The van der Waals surface area contributed by atoms with Crippen molar-refractivity contribution in [2.45, 2.75) is 12.5 Å². The fraction of sp³-hybridized carbons (Fsp3) is 0.250. The third-order valence-electron chi connectivity index (χ3n) is 2.87. The Hall–Kier alpha value is -1.92. The van der Waals surface area contributed by atoms with Crippen molar-refractivity contribution in [1.82, 2.24) is 0 Å². The first-order valence-electron chi connectivity index (χ1n) is 5.66. The van der Waals surface area contributed by atoms with Crippen LogP contribution >= 0.6 is 11.6 Å². The lowest BCUT2D eigenvalue weighted by Crippen LogP contribution is -2.23. The molecule has 0 saturated carbocycles. The minimum atomic E-state index is -0.577. The van der Waals surface area contributed by atoms with Crippen LogP contribution in [0.4, 0.5) is 11.4 Å². The first-order chi connectivity index (χ1) is 8.97. The van der Waals surface area contributed by atoms with E-state index in [0.717, 1.165) is 0 Å². The maximum atomic E-state index is 11.9. The number of nitro groups is 1. The summed E-state index contributed by atoms with van der Waals surface area (Å²) in [4.78, 5) is 21.9. The highest BCUT2D eigenvalue weighted by Gasteiger charge is 2.23. The van der Waals surface area contributed by atoms with Gasteiger partial charge in [-0.3, -0.25) is 14.9 Å². The summed E-state index contributed by atoms with van der Waals surface area (Å²) in [6, 6.07) is 3.96. The van der Waals surface area contributed by atoms with E-state index in [0.29, 0.717) is 12.1 Å². The number of hydrogen-bond donors (Lipinski definition) is 2. The first-order valence-corrected chi connectivity index (χ1v) is 6.04. The van der Waals surface area contributed by atoms with Crippen LogP contribution in [0.3, 0.4) is 0 Å². The molecule has 1 amide bonds. The van der Waals surface area contributed by atoms with Crippen LogP contribution in [0.2, 0.25) is 5.02 Å². The Bertz CT molecular complexity index is 559. The standard InChI is InChI=1S/C12H12ClN3O3/c13-10-6-9(3-4-11(10)16(18)19)15-12(17)7-1-2-8(14)5-7/h1-4,6-8H,5,14H2,(H,15,17). The van der Waals surface area contributed by atoms with Crippen LogP contribution in [0.25, 0.3) is 0 Å². The van der Waals surface area contributed by atoms with Gasteiger partial charge in [-0.1, -0.05) is 23.8 Å². The highest BCUT2D eigenvalue weighted by Crippen LogP contribution is 2.28. The molecule has 3 N–H and O–H groups in total. The van der Waals surface area contributed by atoms with Gasteiger partial charge in [-0.2, -0.15) is 0 Å². The van der Waals surface area contributed by atoms with E-state index in [9.17, 15) is 14.9 Å². The van der Waals surface area contributed by atoms with Crippen molar-refractivity contribution in [3.63, 3.8) is 0 Å². The van der Waals surface area contributed by atoms with Crippen LogP contribution in [0.5, 0.6) is 0 Å². The smallest absolute Gasteiger partial charge is 0.288 e. The second kappa shape index (κ2) is 5.38. The van der Waals surface area contributed by atoms with Crippen molar-refractivity contribution in [3.8, 4) is 0 Å². The first kappa shape index (κ1) is 13.5. The number of anilines is 1. The van der Waals surface area contributed by atoms with Crippen LogP contribution in [-0.4, -0.2) is 16.9 Å². The molecular formula is C12H12ClN3O3. The van der Waals surface area contributed by atoms with Gasteiger partial charge in [0.2, 0.25) is 5.91 Å². The Balaban J connectivity index is 2.08. The van der Waals surface area contributed by atoms with Gasteiger partial charge in [-0.25, -0.2) is 0 Å². The second-order valence-electron chi connectivity index (χ2n) is 4.30. The summed E-state index contributed by atoms with van der Waals surface area (Å²) in [6.45, 7) is 0. The molecule has 0 bridgehead atoms. The highest BCUT2D eigenvalue weighted by atomic mass is 35.5. The van der Waals surface area contributed by atoms with E-state index >= 15 is 0 Å². The molecule has 6 nitrogen and oxygen atoms in total. The molecule has 0 heterocycles. The Morgan fingerprint density at radius 1 is 1.47 bits per heavy atom. The van der Waals surface area contributed by atoms with Crippen molar-refractivity contribution >= 4 is 28.9 Å². The molecule has 0 spiro atoms. The van der Waals surface area contributed by atoms with E-state index in [1.165, 1.54) is 18.2 Å². The monoisotopic (exact) mass is 281 g/mol. The van der Waals surface area contributed by atoms with Gasteiger partial charge in [0.1, 0.15) is 5.02 Å². The zero-order chi connectivity index (χ0) is 14.0. The lowest BCUT2D eigenvalue weighted by atomic mass is 10.1. The van der Waals surface area contributed by atoms with Crippen molar-refractivity contribution in [1.29, 1.82) is 0 Å². The molecule has 1 aromatic carbocycles. The summed E-state index contributed by atoms with van der Waals surface area (Å²) in [6.07, 6.45) is 4.10. The largest absolute Gasteiger partial charge is 0.326 e. The van der Waals surface area contributed by atoms with E-state index in [1.54, 1.807) is 12.2 Å². The summed E-state index contributed by atoms with van der Waals surface area (Å²) >= 11 is 5.76. The molecule has 2 unspecified atom stereocenters. The van der Waals surface area contributed by atoms with Crippen molar-refractivity contribution in [3.05, 3.63) is 45.5 Å². The van der Waals surface area contributed by atoms with Gasteiger partial charge >= 0.3 is 0 Å². The molecule has 0 aliphatic heterocycles. The highest BCUT2D eigenvalue weighted by molar-refractivity contribution is 6.33. The fourth-order valence-electron chi connectivity index (χ4n) is 1.89. The molecule has 2 rings (SSSR count). The average molecular weight is 282 g/mol. The maximum Gasteiger partial charge on any atom is 0.288 e. The van der Waals surface area contributed by atoms with E-state index in [-0.39, 0.29) is 28.6 Å². The minimum Gasteiger partial charge on any atom is -0.326 e. The van der Waals surface area contributed by atoms with Gasteiger partial charge in [0, 0.05) is 17.8 Å². The molecule has 0 fully saturated rings. The van der Waals surface area contributed by atoms with Crippen LogP contribution < -0.4 is 11.1 Å². The van der Waals surface area contributed by atoms with Crippen LogP contribution in [0.15, 0.2) is 30.4 Å². The van der Waals surface area contributed by atoms with E-state index < -0.39 is 4.92 Å². The normalized spacial score (nSPS) is 21.4. The number of carbonyl (C=O) groups is 1. The van der Waals surface area contributed by atoms with Crippen molar-refractivity contribution in [2.24, 2.45) is 11.7 Å². The lowest BCUT2D eigenvalue weighted by molar-refractivity contribution is -0.384. The fourth-order valence-corrected chi connectivity index (χ4v) is 2.14. The predicted octanol–water partition coefficient (Wildman–Crippen LogP) is 2.09. The van der Waals surface area contributed by atoms with Gasteiger partial charge in [0.15, 0.2) is 0 Å². The number of carbonyl (C=O) groups excluding carboxylic acids is 1. The third kappa shape index (κ3) is 3.10. The predicted molar refractivity (Wildman–Crippen MR) is 72.0 cm³/mol. The summed E-state index contributed by atoms with van der Waals surface area (Å²) < 4.78 is 0. The number of nitrogens with one attached hydrogen (secondary N) is 1. The number of halogens is 1. The Kier molecular flexibility index (Phi) is 3.82. The van der Waals surface area contributed by atoms with E-state index in [2.05, 4.69) is 5.32 Å². The number of rotatable bonds is 3. The van der Waals surface area contributed by atoms with Gasteiger partial charge in [0.05, 0.1) is 10.8 Å². The molecule has 1 aliphatic carbocycles. The Morgan fingerprint density at radius 2 is 2.21 bits per heavy atom. The van der Waals surface area contributed by atoms with Crippen LogP contribution in [-0.2, 0) is 4.79 Å². The van der Waals surface area contributed by atoms with E-state index in [1.807, 2.05) is 0 Å². The molecule has 0 saturated heterocycles. The van der Waals surface area contributed by atoms with Crippen LogP contribution in [0.1, 0.15) is 6.42 Å². The number of nitro benzene ring substituents is 1.